The van der Waals surface area contributed by atoms with E-state index in [0.717, 1.165) is 12.8 Å². The number of aliphatic carboxylic acids is 1. The number of carbonyl (C=O) groups is 2. The smallest absolute Gasteiger partial charge is 0.333 e. The molecule has 0 unspecified atom stereocenters. The molecule has 1 saturated heterocycles. The zero-order valence-electron chi connectivity index (χ0n) is 23.3. The molecule has 1 aromatic rings. The molecule has 8 atom stereocenters. The Morgan fingerprint density at radius 1 is 1.27 bits per heavy atom. The number of carboxylic acids is 1. The molecule has 11 nitrogen and oxygen atoms in total. The van der Waals surface area contributed by atoms with E-state index in [9.17, 15) is 30.0 Å². The van der Waals surface area contributed by atoms with Crippen molar-refractivity contribution < 1.29 is 49.0 Å². The van der Waals surface area contributed by atoms with Crippen LogP contribution in [0.3, 0.4) is 0 Å². The first-order chi connectivity index (χ1) is 19.6. The molecule has 1 saturated carbocycles. The topological polar surface area (TPSA) is 166 Å². The normalized spacial score (nSPS) is 37.3. The van der Waals surface area contributed by atoms with Gasteiger partial charge >= 0.3 is 11.9 Å². The van der Waals surface area contributed by atoms with Gasteiger partial charge in [0.15, 0.2) is 11.9 Å². The van der Waals surface area contributed by atoms with E-state index in [2.05, 4.69) is 11.6 Å². The van der Waals surface area contributed by atoms with Crippen molar-refractivity contribution in [3.05, 3.63) is 47.1 Å². The first-order valence-corrected chi connectivity index (χ1v) is 14.1. The number of aromatic nitrogens is 1. The van der Waals surface area contributed by atoms with E-state index in [0.29, 0.717) is 23.4 Å². The predicted octanol–water partition coefficient (Wildman–Crippen LogP) is 0.102. The van der Waals surface area contributed by atoms with E-state index >= 15 is 0 Å². The Balaban J connectivity index is 1.57. The highest BCUT2D eigenvalue weighted by molar-refractivity contribution is 5.90. The standard InChI is InChI=1S/C30H38NO10/c1-4-18-19(12-23(33)34)20(25(35)38-3)14-28(9-6-7-10-28)24(18)41-27-29(37,5-2)26(36)30(22(15-32)40-27)13-17-8-11-31-21(17)16-39-30/h4,8,11,13-14,16,18-19,22,24,26-27,32,36-37H,1,5-7,9-10,12,15H2,2-3H3,(H,33,34)/q-1/t18-,19+,22-,24+,26-,27+,29-,30-/m1/s1. The number of rotatable bonds is 8. The molecule has 5 rings (SSSR count). The molecule has 0 aromatic carbocycles. The molecule has 2 spiro atoms. The molecule has 0 bridgehead atoms. The van der Waals surface area contributed by atoms with Crippen LogP contribution in [0.1, 0.15) is 45.4 Å². The maximum atomic E-state index is 12.9. The van der Waals surface area contributed by atoms with Gasteiger partial charge in [-0.2, -0.15) is 6.20 Å². The lowest BCUT2D eigenvalue weighted by molar-refractivity contribution is -0.369. The van der Waals surface area contributed by atoms with Gasteiger partial charge < -0.3 is 44.4 Å². The summed E-state index contributed by atoms with van der Waals surface area (Å²) in [6, 6.07) is 1.74. The molecule has 0 radical (unpaired) electrons. The van der Waals surface area contributed by atoms with Crippen molar-refractivity contribution in [1.82, 2.24) is 4.98 Å². The second-order valence-corrected chi connectivity index (χ2v) is 11.5. The van der Waals surface area contributed by atoms with Gasteiger partial charge in [0.2, 0.25) is 0 Å². The SMILES string of the molecule is C=C[C@@H]1[C@H](CC(=O)O)C(C(=O)OC)=CC2(CCCC2)[C@H]1O[C@@H]1O[C@H](CO)[C@]2(C=c3cc[n-]c3=CO2)[C@H](O)[C@]1(O)CC. The van der Waals surface area contributed by atoms with Gasteiger partial charge in [-0.3, -0.25) is 4.79 Å². The third-order valence-corrected chi connectivity index (χ3v) is 9.47. The first kappa shape index (κ1) is 29.5. The van der Waals surface area contributed by atoms with Gasteiger partial charge in [-0.1, -0.05) is 43.3 Å². The number of carbonyl (C=O) groups excluding carboxylic acids is 1. The fraction of sp³-hybridized carbons (Fsp3) is 0.600. The molecule has 3 heterocycles. The fourth-order valence-electron chi connectivity index (χ4n) is 7.26. The van der Waals surface area contributed by atoms with E-state index in [1.54, 1.807) is 37.4 Å². The monoisotopic (exact) mass is 572 g/mol. The van der Waals surface area contributed by atoms with E-state index < -0.39 is 71.6 Å². The van der Waals surface area contributed by atoms with Crippen molar-refractivity contribution in [2.24, 2.45) is 17.3 Å². The highest BCUT2D eigenvalue weighted by Gasteiger charge is 2.65. The summed E-state index contributed by atoms with van der Waals surface area (Å²) in [5.41, 5.74) is -4.04. The number of esters is 1. The van der Waals surface area contributed by atoms with E-state index in [1.807, 2.05) is 0 Å². The predicted molar refractivity (Wildman–Crippen MR) is 144 cm³/mol. The van der Waals surface area contributed by atoms with Gasteiger partial charge in [0.1, 0.15) is 17.8 Å². The Bertz CT molecular complexity index is 1330. The fourth-order valence-corrected chi connectivity index (χ4v) is 7.26. The van der Waals surface area contributed by atoms with Crippen LogP contribution in [0.2, 0.25) is 0 Å². The summed E-state index contributed by atoms with van der Waals surface area (Å²) < 4.78 is 23.9. The molecule has 41 heavy (non-hydrogen) atoms. The van der Waals surface area contributed by atoms with Crippen molar-refractivity contribution in [3.63, 3.8) is 0 Å². The van der Waals surface area contributed by atoms with Crippen LogP contribution in [0, 0.1) is 17.3 Å². The molecule has 2 aliphatic heterocycles. The lowest BCUT2D eigenvalue weighted by atomic mass is 9.62. The van der Waals surface area contributed by atoms with Crippen LogP contribution in [-0.4, -0.2) is 81.9 Å². The number of fused-ring (bicyclic) bond motifs is 1. The summed E-state index contributed by atoms with van der Waals surface area (Å²) in [5.74, 6) is -3.16. The highest BCUT2D eigenvalue weighted by atomic mass is 16.7. The van der Waals surface area contributed by atoms with E-state index in [1.165, 1.54) is 13.4 Å². The quantitative estimate of drug-likeness (QED) is 0.247. The Morgan fingerprint density at radius 3 is 2.61 bits per heavy atom. The summed E-state index contributed by atoms with van der Waals surface area (Å²) in [7, 11) is 1.26. The lowest BCUT2D eigenvalue weighted by Crippen LogP contribution is -2.74. The largest absolute Gasteiger partial charge is 0.661 e. The summed E-state index contributed by atoms with van der Waals surface area (Å²) in [5, 5.41) is 45.2. The van der Waals surface area contributed by atoms with Crippen LogP contribution in [0.4, 0.5) is 0 Å². The van der Waals surface area contributed by atoms with Crippen LogP contribution < -0.4 is 15.6 Å². The third kappa shape index (κ3) is 4.64. The Hall–Kier alpha value is -2.96. The molecule has 0 amide bonds. The maximum absolute atomic E-state index is 12.9. The lowest BCUT2D eigenvalue weighted by Gasteiger charge is -2.56. The molecule has 4 aliphatic rings. The van der Waals surface area contributed by atoms with Crippen LogP contribution >= 0.6 is 0 Å². The number of ether oxygens (including phenoxy) is 4. The van der Waals surface area contributed by atoms with Crippen molar-refractivity contribution >= 4 is 24.3 Å². The second kappa shape index (κ2) is 11.0. The minimum absolute atomic E-state index is 0.00231. The molecule has 1 aromatic heterocycles. The van der Waals surface area contributed by atoms with Gasteiger partial charge in [-0.25, -0.2) is 4.79 Å². The summed E-state index contributed by atoms with van der Waals surface area (Å²) in [6.07, 6.45) is 5.68. The molecule has 11 heteroatoms. The number of methoxy groups -OCH3 is 1. The number of hydrogen-bond donors (Lipinski definition) is 4. The number of aliphatic hydroxyl groups excluding tert-OH is 2. The molecule has 2 fully saturated rings. The van der Waals surface area contributed by atoms with Gasteiger partial charge in [0, 0.05) is 22.8 Å². The zero-order valence-corrected chi connectivity index (χ0v) is 23.3. The van der Waals surface area contributed by atoms with Crippen molar-refractivity contribution in [1.29, 1.82) is 0 Å². The highest BCUT2D eigenvalue weighted by Crippen LogP contribution is 2.55. The number of nitrogens with zero attached hydrogens (tertiary/aromatic N) is 1. The average molecular weight is 573 g/mol. The number of carboxylic acid groups (broad SMARTS) is 1. The van der Waals surface area contributed by atoms with Crippen molar-refractivity contribution in [3.8, 4) is 0 Å². The second-order valence-electron chi connectivity index (χ2n) is 11.5. The van der Waals surface area contributed by atoms with Crippen LogP contribution in [0.15, 0.2) is 36.6 Å². The Labute approximate surface area is 237 Å². The minimum atomic E-state index is -1.99. The Kier molecular flexibility index (Phi) is 7.95. The zero-order chi connectivity index (χ0) is 29.6. The van der Waals surface area contributed by atoms with Gasteiger partial charge in [0.25, 0.3) is 0 Å². The molecular weight excluding hydrogens is 534 g/mol. The number of hydrogen-bond acceptors (Lipinski definition) is 9. The average Bonchev–Trinajstić information content (AvgIpc) is 3.64. The van der Waals surface area contributed by atoms with Crippen molar-refractivity contribution in [2.75, 3.05) is 13.7 Å². The molecule has 2 aliphatic carbocycles. The molecule has 224 valence electrons. The van der Waals surface area contributed by atoms with Gasteiger partial charge in [-0.15, -0.1) is 6.58 Å². The molecule has 4 N–H and O–H groups in total. The first-order valence-electron chi connectivity index (χ1n) is 14.1. The number of aliphatic hydroxyl groups is 3. The maximum Gasteiger partial charge on any atom is 0.333 e. The summed E-state index contributed by atoms with van der Waals surface area (Å²) >= 11 is 0. The summed E-state index contributed by atoms with van der Waals surface area (Å²) in [6.45, 7) is 5.09. The minimum Gasteiger partial charge on any atom is -0.661 e. The van der Waals surface area contributed by atoms with Crippen LogP contribution in [0.5, 0.6) is 0 Å². The summed E-state index contributed by atoms with van der Waals surface area (Å²) in [4.78, 5) is 29.0. The Morgan fingerprint density at radius 2 is 2.00 bits per heavy atom. The van der Waals surface area contributed by atoms with Crippen LogP contribution in [0.25, 0.3) is 12.3 Å². The molecular formula is C30H38NO10-. The van der Waals surface area contributed by atoms with E-state index in [-0.39, 0.29) is 18.4 Å². The third-order valence-electron chi connectivity index (χ3n) is 9.47. The van der Waals surface area contributed by atoms with Crippen molar-refractivity contribution in [2.45, 2.75) is 81.3 Å². The van der Waals surface area contributed by atoms with Crippen LogP contribution in [-0.2, 0) is 28.5 Å². The van der Waals surface area contributed by atoms with Gasteiger partial charge in [-0.05, 0) is 30.6 Å². The van der Waals surface area contributed by atoms with Gasteiger partial charge in [0.05, 0.1) is 32.5 Å². The van der Waals surface area contributed by atoms with E-state index in [4.69, 9.17) is 18.9 Å².